The maximum Gasteiger partial charge on any atom is 0.0223 e. The highest BCUT2D eigenvalue weighted by atomic mass is 35.5. The summed E-state index contributed by atoms with van der Waals surface area (Å²) < 4.78 is 0. The van der Waals surface area contributed by atoms with Crippen molar-refractivity contribution in [3.63, 3.8) is 0 Å². The van der Waals surface area contributed by atoms with Gasteiger partial charge in [0.15, 0.2) is 0 Å². The van der Waals surface area contributed by atoms with Gasteiger partial charge in [-0.25, -0.2) is 0 Å². The molecule has 0 aliphatic heterocycles. The van der Waals surface area contributed by atoms with E-state index in [0.717, 1.165) is 5.88 Å². The van der Waals surface area contributed by atoms with E-state index in [9.17, 15) is 0 Å². The molecule has 0 aromatic carbocycles. The van der Waals surface area contributed by atoms with Gasteiger partial charge in [-0.1, -0.05) is 70.4 Å². The van der Waals surface area contributed by atoms with Crippen LogP contribution in [0.5, 0.6) is 0 Å². The van der Waals surface area contributed by atoms with Crippen molar-refractivity contribution in [1.29, 1.82) is 0 Å². The molecule has 0 heterocycles. The van der Waals surface area contributed by atoms with Crippen LogP contribution in [0.1, 0.15) is 90.4 Å². The third kappa shape index (κ3) is 16.0. The first-order chi connectivity index (χ1) is 8.91. The summed E-state index contributed by atoms with van der Waals surface area (Å²) in [5.74, 6) is 0.832. The SMILES string of the molecule is CCCCCCCCC=CCCCCCCCCl. The lowest BCUT2D eigenvalue weighted by Crippen LogP contribution is -1.80. The zero-order valence-electron chi connectivity index (χ0n) is 12.4. The molecule has 0 saturated heterocycles. The predicted molar refractivity (Wildman–Crippen MR) is 85.6 cm³/mol. The Morgan fingerprint density at radius 1 is 0.611 bits per heavy atom. The van der Waals surface area contributed by atoms with E-state index >= 15 is 0 Å². The Morgan fingerprint density at radius 3 is 1.56 bits per heavy atom. The number of hydrogen-bond acceptors (Lipinski definition) is 0. The highest BCUT2D eigenvalue weighted by Crippen LogP contribution is 2.09. The fraction of sp³-hybridized carbons (Fsp3) is 0.882. The number of unbranched alkanes of at least 4 members (excludes halogenated alkanes) is 11. The third-order valence-electron chi connectivity index (χ3n) is 3.40. The number of allylic oxidation sites excluding steroid dienone is 2. The summed E-state index contributed by atoms with van der Waals surface area (Å²) in [6, 6.07) is 0. The Bertz CT molecular complexity index is 145. The average Bonchev–Trinajstić information content (AvgIpc) is 2.39. The molecule has 0 unspecified atom stereocenters. The van der Waals surface area contributed by atoms with Crippen LogP contribution in [0, 0.1) is 0 Å². The van der Waals surface area contributed by atoms with Crippen molar-refractivity contribution in [3.05, 3.63) is 12.2 Å². The zero-order valence-corrected chi connectivity index (χ0v) is 13.2. The van der Waals surface area contributed by atoms with E-state index in [1.54, 1.807) is 0 Å². The molecule has 0 rings (SSSR count). The Labute approximate surface area is 120 Å². The van der Waals surface area contributed by atoms with Crippen molar-refractivity contribution in [1.82, 2.24) is 0 Å². The van der Waals surface area contributed by atoms with Gasteiger partial charge < -0.3 is 0 Å². The smallest absolute Gasteiger partial charge is 0.0223 e. The van der Waals surface area contributed by atoms with Gasteiger partial charge in [-0.05, 0) is 32.1 Å². The second kappa shape index (κ2) is 17.0. The van der Waals surface area contributed by atoms with Gasteiger partial charge in [0.2, 0.25) is 0 Å². The number of alkyl halides is 1. The highest BCUT2D eigenvalue weighted by Gasteiger charge is 1.89. The Morgan fingerprint density at radius 2 is 1.06 bits per heavy atom. The van der Waals surface area contributed by atoms with Crippen LogP contribution in [-0.4, -0.2) is 5.88 Å². The average molecular weight is 273 g/mol. The molecule has 0 radical (unpaired) electrons. The van der Waals surface area contributed by atoms with Gasteiger partial charge in [-0.2, -0.15) is 0 Å². The van der Waals surface area contributed by atoms with Crippen molar-refractivity contribution in [3.8, 4) is 0 Å². The molecule has 0 bridgehead atoms. The molecule has 1 heteroatoms. The van der Waals surface area contributed by atoms with Crippen LogP contribution in [-0.2, 0) is 0 Å². The number of rotatable bonds is 14. The first-order valence-corrected chi connectivity index (χ1v) is 8.66. The minimum absolute atomic E-state index is 0.832. The topological polar surface area (TPSA) is 0 Å². The molecular weight excluding hydrogens is 240 g/mol. The molecule has 0 N–H and O–H groups in total. The molecule has 0 fully saturated rings. The fourth-order valence-corrected chi connectivity index (χ4v) is 2.35. The third-order valence-corrected chi connectivity index (χ3v) is 3.66. The normalized spacial score (nSPS) is 11.4. The van der Waals surface area contributed by atoms with Gasteiger partial charge >= 0.3 is 0 Å². The number of hydrogen-bond donors (Lipinski definition) is 0. The molecule has 0 atom stereocenters. The summed E-state index contributed by atoms with van der Waals surface area (Å²) >= 11 is 5.64. The minimum Gasteiger partial charge on any atom is -0.127 e. The van der Waals surface area contributed by atoms with E-state index in [2.05, 4.69) is 19.1 Å². The summed E-state index contributed by atoms with van der Waals surface area (Å²) in [6.07, 6.45) is 22.4. The van der Waals surface area contributed by atoms with Crippen LogP contribution in [0.2, 0.25) is 0 Å². The summed E-state index contributed by atoms with van der Waals surface area (Å²) in [7, 11) is 0. The zero-order chi connectivity index (χ0) is 13.3. The lowest BCUT2D eigenvalue weighted by molar-refractivity contribution is 0.610. The van der Waals surface area contributed by atoms with Crippen LogP contribution >= 0.6 is 11.6 Å². The molecule has 0 aliphatic rings. The van der Waals surface area contributed by atoms with Crippen LogP contribution < -0.4 is 0 Å². The first kappa shape index (κ1) is 18.0. The fourth-order valence-electron chi connectivity index (χ4n) is 2.17. The van der Waals surface area contributed by atoms with E-state index in [1.807, 2.05) is 0 Å². The van der Waals surface area contributed by atoms with Gasteiger partial charge in [-0.3, -0.25) is 0 Å². The maximum atomic E-state index is 5.64. The molecule has 0 spiro atoms. The van der Waals surface area contributed by atoms with Gasteiger partial charge in [0, 0.05) is 5.88 Å². The van der Waals surface area contributed by atoms with Crippen molar-refractivity contribution in [2.24, 2.45) is 0 Å². The van der Waals surface area contributed by atoms with Crippen molar-refractivity contribution >= 4 is 11.6 Å². The molecule has 0 nitrogen and oxygen atoms in total. The van der Waals surface area contributed by atoms with Crippen molar-refractivity contribution in [2.75, 3.05) is 5.88 Å². The second-order valence-corrected chi connectivity index (χ2v) is 5.65. The molecule has 0 amide bonds. The highest BCUT2D eigenvalue weighted by molar-refractivity contribution is 6.17. The molecule has 18 heavy (non-hydrogen) atoms. The monoisotopic (exact) mass is 272 g/mol. The van der Waals surface area contributed by atoms with Crippen LogP contribution in [0.3, 0.4) is 0 Å². The molecule has 0 saturated carbocycles. The van der Waals surface area contributed by atoms with Crippen LogP contribution in [0.15, 0.2) is 12.2 Å². The van der Waals surface area contributed by atoms with E-state index in [0.29, 0.717) is 0 Å². The van der Waals surface area contributed by atoms with Crippen molar-refractivity contribution < 1.29 is 0 Å². The molecule has 0 aliphatic carbocycles. The summed E-state index contributed by atoms with van der Waals surface area (Å²) in [6.45, 7) is 2.28. The van der Waals surface area contributed by atoms with Crippen molar-refractivity contribution in [2.45, 2.75) is 90.4 Å². The molecule has 108 valence electrons. The molecular formula is C17H33Cl. The quantitative estimate of drug-likeness (QED) is 0.184. The summed E-state index contributed by atoms with van der Waals surface area (Å²) in [4.78, 5) is 0. The van der Waals surface area contributed by atoms with E-state index in [1.165, 1.54) is 83.5 Å². The van der Waals surface area contributed by atoms with E-state index in [-0.39, 0.29) is 0 Å². The number of halogens is 1. The maximum absolute atomic E-state index is 5.64. The van der Waals surface area contributed by atoms with Gasteiger partial charge in [0.05, 0.1) is 0 Å². The lowest BCUT2D eigenvalue weighted by atomic mass is 10.1. The lowest BCUT2D eigenvalue weighted by Gasteiger charge is -1.98. The standard InChI is InChI=1S/C17H33Cl/c1-2-3-4-5-6-7-8-9-10-11-12-13-14-15-16-17-18/h9-10H,2-8,11-17H2,1H3. The van der Waals surface area contributed by atoms with Crippen LogP contribution in [0.4, 0.5) is 0 Å². The predicted octanol–water partition coefficient (Wildman–Crippen LogP) is 6.87. The Kier molecular flexibility index (Phi) is 17.1. The second-order valence-electron chi connectivity index (χ2n) is 5.27. The van der Waals surface area contributed by atoms with Crippen LogP contribution in [0.25, 0.3) is 0 Å². The van der Waals surface area contributed by atoms with E-state index in [4.69, 9.17) is 11.6 Å². The van der Waals surface area contributed by atoms with E-state index < -0.39 is 0 Å². The van der Waals surface area contributed by atoms with Gasteiger partial charge in [0.25, 0.3) is 0 Å². The largest absolute Gasteiger partial charge is 0.127 e. The van der Waals surface area contributed by atoms with Gasteiger partial charge in [-0.15, -0.1) is 11.6 Å². The molecule has 0 aromatic rings. The Hall–Kier alpha value is 0.0300. The summed E-state index contributed by atoms with van der Waals surface area (Å²) in [5.41, 5.74) is 0. The van der Waals surface area contributed by atoms with Gasteiger partial charge in [0.1, 0.15) is 0 Å². The summed E-state index contributed by atoms with van der Waals surface area (Å²) in [5, 5.41) is 0. The first-order valence-electron chi connectivity index (χ1n) is 8.12. The minimum atomic E-state index is 0.832. The Balaban J connectivity index is 3.00. The molecule has 0 aromatic heterocycles.